The molecule has 0 bridgehead atoms. The van der Waals surface area contributed by atoms with Crippen molar-refractivity contribution >= 4 is 5.97 Å². The smallest absolute Gasteiger partial charge is 0.305 e. The molecule has 0 fully saturated rings. The molecule has 0 radical (unpaired) electrons. The van der Waals surface area contributed by atoms with Crippen LogP contribution in [0.1, 0.15) is 37.0 Å². The summed E-state index contributed by atoms with van der Waals surface area (Å²) in [5, 5.41) is 0. The van der Waals surface area contributed by atoms with Gasteiger partial charge in [0.2, 0.25) is 0 Å². The molecule has 2 aromatic carbocycles. The maximum absolute atomic E-state index is 11.3. The fourth-order valence-corrected chi connectivity index (χ4v) is 3.03. The summed E-state index contributed by atoms with van der Waals surface area (Å²) in [6.07, 6.45) is 1.16. The number of esters is 1. The van der Waals surface area contributed by atoms with Gasteiger partial charge in [0.15, 0.2) is 0 Å². The Morgan fingerprint density at radius 3 is 2.28 bits per heavy atom. The summed E-state index contributed by atoms with van der Waals surface area (Å²) in [4.78, 5) is 13.8. The third kappa shape index (κ3) is 7.10. The van der Waals surface area contributed by atoms with E-state index in [1.54, 1.807) is 0 Å². The lowest BCUT2D eigenvalue weighted by Gasteiger charge is -2.24. The number of hydrogen-bond donors (Lipinski definition) is 0. The number of nitrogens with zero attached hydrogens (tertiary/aromatic N) is 1. The summed E-state index contributed by atoms with van der Waals surface area (Å²) in [7, 11) is 1.44. The predicted octanol–water partition coefficient (Wildman–Crippen LogP) is 4.45. The van der Waals surface area contributed by atoms with Gasteiger partial charge in [-0.05, 0) is 29.0 Å². The third-order valence-electron chi connectivity index (χ3n) is 4.12. The van der Waals surface area contributed by atoms with E-state index in [1.807, 2.05) is 0 Å². The maximum Gasteiger partial charge on any atom is 0.305 e. The van der Waals surface area contributed by atoms with Crippen molar-refractivity contribution in [3.63, 3.8) is 0 Å². The molecule has 0 aliphatic carbocycles. The summed E-state index contributed by atoms with van der Waals surface area (Å²) in [6.45, 7) is 7.43. The second kappa shape index (κ2) is 10.00. The third-order valence-corrected chi connectivity index (χ3v) is 4.12. The molecule has 0 saturated heterocycles. The highest BCUT2D eigenvalue weighted by molar-refractivity contribution is 5.69. The average Bonchev–Trinajstić information content (AvgIpc) is 2.60. The molecular formula is C22H29NO2. The lowest BCUT2D eigenvalue weighted by molar-refractivity contribution is -0.140. The normalized spacial score (nSPS) is 11.1. The number of ether oxygens (including phenoxy) is 1. The van der Waals surface area contributed by atoms with Gasteiger partial charge in [-0.1, -0.05) is 68.4 Å². The van der Waals surface area contributed by atoms with Crippen LogP contribution in [0.3, 0.4) is 0 Å². The van der Waals surface area contributed by atoms with Gasteiger partial charge in [0.1, 0.15) is 0 Å². The van der Waals surface area contributed by atoms with Crippen molar-refractivity contribution in [2.24, 2.45) is 5.92 Å². The lowest BCUT2D eigenvalue weighted by Crippen LogP contribution is -2.27. The molecule has 3 nitrogen and oxygen atoms in total. The monoisotopic (exact) mass is 339 g/mol. The number of carbonyl (C=O) groups is 1. The zero-order valence-electron chi connectivity index (χ0n) is 15.6. The molecule has 0 aromatic heterocycles. The van der Waals surface area contributed by atoms with Crippen LogP contribution in [-0.4, -0.2) is 24.5 Å². The standard InChI is InChI=1S/C22H29NO2/c1-18(2)15-23(16-20-8-5-4-6-9-20)17-21-11-7-10-19(14-21)12-13-22(24)25-3/h4-11,14,18H,12-13,15-17H2,1-3H3. The number of hydrogen-bond acceptors (Lipinski definition) is 3. The molecule has 0 N–H and O–H groups in total. The Kier molecular flexibility index (Phi) is 7.68. The predicted molar refractivity (Wildman–Crippen MR) is 102 cm³/mol. The van der Waals surface area contributed by atoms with Gasteiger partial charge >= 0.3 is 5.97 Å². The van der Waals surface area contributed by atoms with Crippen molar-refractivity contribution in [3.05, 3.63) is 71.3 Å². The maximum atomic E-state index is 11.3. The van der Waals surface area contributed by atoms with Crippen molar-refractivity contribution in [1.82, 2.24) is 4.90 Å². The van der Waals surface area contributed by atoms with Gasteiger partial charge in [-0.2, -0.15) is 0 Å². The Bertz CT molecular complexity index is 652. The minimum atomic E-state index is -0.157. The Morgan fingerprint density at radius 1 is 0.960 bits per heavy atom. The fraction of sp³-hybridized carbons (Fsp3) is 0.409. The van der Waals surface area contributed by atoms with E-state index in [2.05, 4.69) is 73.3 Å². The van der Waals surface area contributed by atoms with Gasteiger partial charge in [-0.15, -0.1) is 0 Å². The zero-order chi connectivity index (χ0) is 18.1. The summed E-state index contributed by atoms with van der Waals surface area (Å²) < 4.78 is 4.73. The first-order valence-corrected chi connectivity index (χ1v) is 8.97. The molecule has 0 atom stereocenters. The van der Waals surface area contributed by atoms with Gasteiger partial charge in [0, 0.05) is 26.1 Å². The summed E-state index contributed by atoms with van der Waals surface area (Å²) in [5.41, 5.74) is 3.82. The van der Waals surface area contributed by atoms with Crippen molar-refractivity contribution < 1.29 is 9.53 Å². The molecule has 0 heterocycles. The second-order valence-electron chi connectivity index (χ2n) is 6.95. The van der Waals surface area contributed by atoms with Crippen LogP contribution < -0.4 is 0 Å². The largest absolute Gasteiger partial charge is 0.469 e. The SMILES string of the molecule is COC(=O)CCc1cccc(CN(Cc2ccccc2)CC(C)C)c1. The first kappa shape index (κ1) is 19.2. The summed E-state index contributed by atoms with van der Waals surface area (Å²) >= 11 is 0. The van der Waals surface area contributed by atoms with Crippen LogP contribution in [-0.2, 0) is 29.0 Å². The topological polar surface area (TPSA) is 29.5 Å². The number of carbonyl (C=O) groups excluding carboxylic acids is 1. The Hall–Kier alpha value is -2.13. The highest BCUT2D eigenvalue weighted by Crippen LogP contribution is 2.14. The Morgan fingerprint density at radius 2 is 1.60 bits per heavy atom. The summed E-state index contributed by atoms with van der Waals surface area (Å²) in [5.74, 6) is 0.460. The van der Waals surface area contributed by atoms with Crippen molar-refractivity contribution in [2.75, 3.05) is 13.7 Å². The quantitative estimate of drug-likeness (QED) is 0.632. The minimum absolute atomic E-state index is 0.157. The number of aryl methyl sites for hydroxylation is 1. The van der Waals surface area contributed by atoms with E-state index in [-0.39, 0.29) is 5.97 Å². The first-order chi connectivity index (χ1) is 12.1. The van der Waals surface area contributed by atoms with Crippen LogP contribution in [0.15, 0.2) is 54.6 Å². The molecule has 0 aliphatic rings. The number of methoxy groups -OCH3 is 1. The Labute approximate surface area is 151 Å². The zero-order valence-corrected chi connectivity index (χ0v) is 15.6. The summed E-state index contributed by atoms with van der Waals surface area (Å²) in [6, 6.07) is 19.1. The van der Waals surface area contributed by atoms with Crippen LogP contribution in [0, 0.1) is 5.92 Å². The van der Waals surface area contributed by atoms with Crippen molar-refractivity contribution in [2.45, 2.75) is 39.8 Å². The van der Waals surface area contributed by atoms with Gasteiger partial charge in [-0.3, -0.25) is 9.69 Å². The highest BCUT2D eigenvalue weighted by Gasteiger charge is 2.10. The number of benzene rings is 2. The minimum Gasteiger partial charge on any atom is -0.469 e. The first-order valence-electron chi connectivity index (χ1n) is 8.97. The van der Waals surface area contributed by atoms with E-state index in [0.717, 1.165) is 26.1 Å². The van der Waals surface area contributed by atoms with Gasteiger partial charge in [0.05, 0.1) is 7.11 Å². The molecule has 0 saturated carbocycles. The van der Waals surface area contributed by atoms with E-state index in [1.165, 1.54) is 23.8 Å². The van der Waals surface area contributed by atoms with Crippen LogP contribution in [0.2, 0.25) is 0 Å². The molecule has 0 amide bonds. The number of rotatable bonds is 9. The van der Waals surface area contributed by atoms with Gasteiger partial charge in [-0.25, -0.2) is 0 Å². The molecule has 25 heavy (non-hydrogen) atoms. The van der Waals surface area contributed by atoms with Crippen LogP contribution in [0.5, 0.6) is 0 Å². The van der Waals surface area contributed by atoms with E-state index in [4.69, 9.17) is 4.74 Å². The van der Waals surface area contributed by atoms with Crippen molar-refractivity contribution in [3.8, 4) is 0 Å². The van der Waals surface area contributed by atoms with Gasteiger partial charge < -0.3 is 4.74 Å². The van der Waals surface area contributed by atoms with Crippen LogP contribution >= 0.6 is 0 Å². The van der Waals surface area contributed by atoms with Crippen molar-refractivity contribution in [1.29, 1.82) is 0 Å². The average molecular weight is 339 g/mol. The molecule has 2 aromatic rings. The molecule has 2 rings (SSSR count). The molecule has 3 heteroatoms. The van der Waals surface area contributed by atoms with Crippen LogP contribution in [0.4, 0.5) is 0 Å². The molecular weight excluding hydrogens is 310 g/mol. The van der Waals surface area contributed by atoms with E-state index < -0.39 is 0 Å². The van der Waals surface area contributed by atoms with E-state index in [9.17, 15) is 4.79 Å². The van der Waals surface area contributed by atoms with Crippen LogP contribution in [0.25, 0.3) is 0 Å². The second-order valence-corrected chi connectivity index (χ2v) is 6.95. The van der Waals surface area contributed by atoms with Gasteiger partial charge in [0.25, 0.3) is 0 Å². The van der Waals surface area contributed by atoms with E-state index in [0.29, 0.717) is 12.3 Å². The fourth-order valence-electron chi connectivity index (χ4n) is 3.03. The Balaban J connectivity index is 2.03. The molecule has 134 valence electrons. The molecule has 0 unspecified atom stereocenters. The molecule has 0 spiro atoms. The lowest BCUT2D eigenvalue weighted by atomic mass is 10.1. The van der Waals surface area contributed by atoms with E-state index >= 15 is 0 Å². The molecule has 0 aliphatic heterocycles. The highest BCUT2D eigenvalue weighted by atomic mass is 16.5.